The van der Waals surface area contributed by atoms with Gasteiger partial charge in [-0.15, -0.1) is 6.58 Å². The van der Waals surface area contributed by atoms with Crippen molar-refractivity contribution >= 4 is 21.1 Å². The molecule has 0 unspecified atom stereocenters. The summed E-state index contributed by atoms with van der Waals surface area (Å²) in [6.45, 7) is 2.31. The van der Waals surface area contributed by atoms with Crippen LogP contribution in [0.15, 0.2) is 12.7 Å². The van der Waals surface area contributed by atoms with Gasteiger partial charge >= 0.3 is 15.6 Å². The third-order valence-corrected chi connectivity index (χ3v) is 1.64. The fraction of sp³-hybridized carbons (Fsp3) is 0.500. The Morgan fingerprint density at radius 1 is 1.42 bits per heavy atom. The minimum atomic E-state index is -5.43. The highest BCUT2D eigenvalue weighted by Crippen LogP contribution is 2.24. The number of hydrogen-bond acceptors (Lipinski definition) is 3. The molecular formula is C4H9F3O3SSi. The molecular weight excluding hydrogens is 213 g/mol. The first-order chi connectivity index (χ1) is 4.81. The minimum Gasteiger partial charge on any atom is -0.259 e. The van der Waals surface area contributed by atoms with Gasteiger partial charge in [-0.05, 0) is 11.0 Å². The summed E-state index contributed by atoms with van der Waals surface area (Å²) in [6.07, 6.45) is 0.906. The molecule has 8 heteroatoms. The van der Waals surface area contributed by atoms with Crippen molar-refractivity contribution in [3.63, 3.8) is 0 Å². The molecule has 12 heavy (non-hydrogen) atoms. The highest BCUT2D eigenvalue weighted by molar-refractivity contribution is 7.87. The predicted octanol–water partition coefficient (Wildman–Crippen LogP) is -0.413. The Morgan fingerprint density at radius 2 is 1.83 bits per heavy atom. The van der Waals surface area contributed by atoms with Crippen LogP contribution >= 0.6 is 0 Å². The summed E-state index contributed by atoms with van der Waals surface area (Å²) in [4.78, 5) is 0. The number of rotatable bonds is 3. The zero-order valence-electron chi connectivity index (χ0n) is 5.26. The van der Waals surface area contributed by atoms with Crippen LogP contribution in [0.4, 0.5) is 13.2 Å². The molecule has 0 aromatic carbocycles. The average Bonchev–Trinajstić information content (AvgIpc) is 1.81. The summed E-state index contributed by atoms with van der Waals surface area (Å²) in [6, 6.07) is 0. The summed E-state index contributed by atoms with van der Waals surface area (Å²) >= 11 is 0. The molecule has 0 aliphatic rings. The first kappa shape index (κ1) is 14.2. The van der Waals surface area contributed by atoms with E-state index in [-0.39, 0.29) is 11.0 Å². The predicted molar refractivity (Wildman–Crippen MR) is 42.5 cm³/mol. The van der Waals surface area contributed by atoms with Gasteiger partial charge in [-0.1, -0.05) is 6.08 Å². The molecule has 3 nitrogen and oxygen atoms in total. The average molecular weight is 222 g/mol. The second kappa shape index (κ2) is 4.63. The highest BCUT2D eigenvalue weighted by atomic mass is 32.2. The maximum Gasteiger partial charge on any atom is 0.523 e. The van der Waals surface area contributed by atoms with E-state index in [2.05, 4.69) is 10.8 Å². The van der Waals surface area contributed by atoms with Gasteiger partial charge in [0.25, 0.3) is 0 Å². The Balaban J connectivity index is 0. The van der Waals surface area contributed by atoms with Crippen LogP contribution in [0.25, 0.3) is 0 Å². The fourth-order valence-corrected chi connectivity index (χ4v) is 0.614. The van der Waals surface area contributed by atoms with E-state index in [1.807, 2.05) is 0 Å². The van der Waals surface area contributed by atoms with Gasteiger partial charge in [0.2, 0.25) is 0 Å². The van der Waals surface area contributed by atoms with Crippen LogP contribution in [0.3, 0.4) is 0 Å². The van der Waals surface area contributed by atoms with Crippen LogP contribution in [0.1, 0.15) is 0 Å². The molecule has 0 spiro atoms. The summed E-state index contributed by atoms with van der Waals surface area (Å²) in [5.74, 6) is 0. The van der Waals surface area contributed by atoms with Gasteiger partial charge in [0.1, 0.15) is 0 Å². The smallest absolute Gasteiger partial charge is 0.259 e. The van der Waals surface area contributed by atoms with E-state index in [1.54, 1.807) is 0 Å². The van der Waals surface area contributed by atoms with Crippen molar-refractivity contribution in [3.8, 4) is 0 Å². The lowest BCUT2D eigenvalue weighted by atomic mass is 10.7. The van der Waals surface area contributed by atoms with Crippen LogP contribution in [-0.2, 0) is 14.3 Å². The maximum atomic E-state index is 11.4. The molecule has 0 saturated heterocycles. The van der Waals surface area contributed by atoms with E-state index < -0.39 is 22.2 Å². The standard InChI is InChI=1S/C4H5F3O3S.H4Si/c1-2-3-10-11(8,9)4(5,6)7;/h2H,1,3H2;1H4. The minimum absolute atomic E-state index is 0. The molecule has 0 bridgehead atoms. The number of hydrogen-bond donors (Lipinski definition) is 0. The lowest BCUT2D eigenvalue weighted by Gasteiger charge is -2.05. The van der Waals surface area contributed by atoms with Gasteiger partial charge < -0.3 is 0 Å². The molecule has 0 amide bonds. The molecule has 0 saturated carbocycles. The summed E-state index contributed by atoms with van der Waals surface area (Å²) in [5, 5.41) is 0. The Bertz CT molecular complexity index is 232. The van der Waals surface area contributed by atoms with Crippen molar-refractivity contribution in [2.24, 2.45) is 0 Å². The van der Waals surface area contributed by atoms with Crippen LogP contribution in [0, 0.1) is 0 Å². The highest BCUT2D eigenvalue weighted by Gasteiger charge is 2.47. The maximum absolute atomic E-state index is 11.4. The third-order valence-electron chi connectivity index (χ3n) is 0.625. The first-order valence-electron chi connectivity index (χ1n) is 2.38. The zero-order chi connectivity index (χ0) is 9.12. The van der Waals surface area contributed by atoms with Crippen molar-refractivity contribution in [1.82, 2.24) is 0 Å². The molecule has 0 aromatic rings. The van der Waals surface area contributed by atoms with Gasteiger partial charge in [0.05, 0.1) is 6.61 Å². The lowest BCUT2D eigenvalue weighted by Crippen LogP contribution is -2.25. The Hall–Kier alpha value is -0.343. The van der Waals surface area contributed by atoms with Crippen molar-refractivity contribution in [3.05, 3.63) is 12.7 Å². The Kier molecular flexibility index (Phi) is 5.47. The van der Waals surface area contributed by atoms with Gasteiger partial charge in [-0.3, -0.25) is 4.18 Å². The molecule has 0 heterocycles. The monoisotopic (exact) mass is 222 g/mol. The summed E-state index contributed by atoms with van der Waals surface area (Å²) < 4.78 is 57.7. The van der Waals surface area contributed by atoms with E-state index in [0.717, 1.165) is 6.08 Å². The second-order valence-electron chi connectivity index (χ2n) is 1.47. The van der Waals surface area contributed by atoms with Crippen LogP contribution in [-0.4, -0.2) is 31.5 Å². The van der Waals surface area contributed by atoms with E-state index in [0.29, 0.717) is 0 Å². The second-order valence-corrected chi connectivity index (χ2v) is 3.08. The first-order valence-corrected chi connectivity index (χ1v) is 3.78. The lowest BCUT2D eigenvalue weighted by molar-refractivity contribution is -0.0535. The molecule has 0 aromatic heterocycles. The molecule has 74 valence electrons. The normalized spacial score (nSPS) is 11.9. The largest absolute Gasteiger partial charge is 0.523 e. The van der Waals surface area contributed by atoms with Gasteiger partial charge in [0.15, 0.2) is 0 Å². The van der Waals surface area contributed by atoms with Gasteiger partial charge in [-0.2, -0.15) is 21.6 Å². The van der Waals surface area contributed by atoms with E-state index in [1.165, 1.54) is 0 Å². The van der Waals surface area contributed by atoms with E-state index >= 15 is 0 Å². The molecule has 0 fully saturated rings. The number of halogens is 3. The topological polar surface area (TPSA) is 43.4 Å². The quantitative estimate of drug-likeness (QED) is 0.282. The Labute approximate surface area is 72.4 Å². The summed E-state index contributed by atoms with van der Waals surface area (Å²) in [7, 11) is -5.43. The molecule has 0 atom stereocenters. The van der Waals surface area contributed by atoms with Gasteiger partial charge in [-0.25, -0.2) is 0 Å². The molecule has 0 aliphatic heterocycles. The molecule has 0 aliphatic carbocycles. The van der Waals surface area contributed by atoms with Crippen molar-refractivity contribution < 1.29 is 25.8 Å². The molecule has 0 N–H and O–H groups in total. The molecule has 0 rings (SSSR count). The van der Waals surface area contributed by atoms with Crippen LogP contribution in [0.5, 0.6) is 0 Å². The van der Waals surface area contributed by atoms with Crippen molar-refractivity contribution in [2.75, 3.05) is 6.61 Å². The van der Waals surface area contributed by atoms with Crippen LogP contribution in [0.2, 0.25) is 0 Å². The van der Waals surface area contributed by atoms with Crippen molar-refractivity contribution in [1.29, 1.82) is 0 Å². The van der Waals surface area contributed by atoms with E-state index in [4.69, 9.17) is 0 Å². The van der Waals surface area contributed by atoms with Gasteiger partial charge in [0, 0.05) is 0 Å². The van der Waals surface area contributed by atoms with Crippen molar-refractivity contribution in [2.45, 2.75) is 5.51 Å². The summed E-state index contributed by atoms with van der Waals surface area (Å²) in [5.41, 5.74) is -5.35. The zero-order valence-corrected chi connectivity index (χ0v) is 6.07. The number of alkyl halides is 3. The SMILES string of the molecule is C=CCOS(=O)(=O)C(F)(F)F.[SiH4]. The Morgan fingerprint density at radius 3 is 2.08 bits per heavy atom. The van der Waals surface area contributed by atoms with Crippen LogP contribution < -0.4 is 0 Å². The fourth-order valence-electron chi connectivity index (χ4n) is 0.205. The third kappa shape index (κ3) is 3.88. The van der Waals surface area contributed by atoms with E-state index in [9.17, 15) is 21.6 Å². The molecule has 0 radical (unpaired) electrons.